The molecule has 0 N–H and O–H groups in total. The maximum absolute atomic E-state index is 12.5. The Morgan fingerprint density at radius 2 is 1.89 bits per heavy atom. The molecule has 0 atom stereocenters. The molecule has 0 aliphatic rings. The van der Waals surface area contributed by atoms with Gasteiger partial charge < -0.3 is 4.42 Å². The smallest absolute Gasteiger partial charge is 0.197 e. The first-order chi connectivity index (χ1) is 8.77. The van der Waals surface area contributed by atoms with Crippen molar-refractivity contribution in [1.82, 2.24) is 0 Å². The van der Waals surface area contributed by atoms with Crippen LogP contribution < -0.4 is 0 Å². The zero-order chi connectivity index (χ0) is 12.5. The fraction of sp³-hybridized carbons (Fsp3) is 0.0625. The lowest BCUT2D eigenvalue weighted by Crippen LogP contribution is -2.03. The van der Waals surface area contributed by atoms with Gasteiger partial charge in [0.05, 0.1) is 11.8 Å². The summed E-state index contributed by atoms with van der Waals surface area (Å²) in [4.78, 5) is 12.5. The summed E-state index contributed by atoms with van der Waals surface area (Å²) in [7, 11) is 0. The minimum atomic E-state index is 0.0121. The normalized spacial score (nSPS) is 10.7. The van der Waals surface area contributed by atoms with Crippen LogP contribution in [0.4, 0.5) is 0 Å². The highest BCUT2D eigenvalue weighted by Crippen LogP contribution is 2.24. The summed E-state index contributed by atoms with van der Waals surface area (Å²) in [6, 6.07) is 13.6. The molecule has 2 nitrogen and oxygen atoms in total. The SMILES string of the molecule is Cc1ccc2ccccc2c1C(=O)c1ccoc1. The van der Waals surface area contributed by atoms with Gasteiger partial charge >= 0.3 is 0 Å². The highest BCUT2D eigenvalue weighted by Gasteiger charge is 2.15. The number of benzene rings is 2. The lowest BCUT2D eigenvalue weighted by molar-refractivity contribution is 0.103. The van der Waals surface area contributed by atoms with Crippen molar-refractivity contribution >= 4 is 16.6 Å². The van der Waals surface area contributed by atoms with Gasteiger partial charge in [-0.2, -0.15) is 0 Å². The number of carbonyl (C=O) groups is 1. The van der Waals surface area contributed by atoms with E-state index in [1.165, 1.54) is 12.5 Å². The highest BCUT2D eigenvalue weighted by molar-refractivity contribution is 6.17. The minimum Gasteiger partial charge on any atom is -0.472 e. The van der Waals surface area contributed by atoms with Crippen molar-refractivity contribution < 1.29 is 9.21 Å². The van der Waals surface area contributed by atoms with Crippen LogP contribution in [0.3, 0.4) is 0 Å². The van der Waals surface area contributed by atoms with Gasteiger partial charge in [-0.05, 0) is 29.3 Å². The number of hydrogen-bond acceptors (Lipinski definition) is 2. The molecular weight excluding hydrogens is 224 g/mol. The fourth-order valence-electron chi connectivity index (χ4n) is 2.22. The van der Waals surface area contributed by atoms with Gasteiger partial charge in [-0.3, -0.25) is 4.79 Å². The second kappa shape index (κ2) is 4.15. The van der Waals surface area contributed by atoms with Crippen LogP contribution in [0.2, 0.25) is 0 Å². The molecule has 0 aliphatic carbocycles. The summed E-state index contributed by atoms with van der Waals surface area (Å²) in [6.45, 7) is 1.96. The number of furan rings is 1. The number of hydrogen-bond donors (Lipinski definition) is 0. The fourth-order valence-corrected chi connectivity index (χ4v) is 2.22. The Bertz CT molecular complexity index is 709. The van der Waals surface area contributed by atoms with E-state index < -0.39 is 0 Å². The van der Waals surface area contributed by atoms with Crippen molar-refractivity contribution in [1.29, 1.82) is 0 Å². The number of carbonyl (C=O) groups excluding carboxylic acids is 1. The third-order valence-electron chi connectivity index (χ3n) is 3.15. The van der Waals surface area contributed by atoms with Crippen LogP contribution in [0.15, 0.2) is 59.4 Å². The van der Waals surface area contributed by atoms with Gasteiger partial charge in [-0.15, -0.1) is 0 Å². The number of rotatable bonds is 2. The van der Waals surface area contributed by atoms with Crippen LogP contribution >= 0.6 is 0 Å². The van der Waals surface area contributed by atoms with E-state index in [0.29, 0.717) is 5.56 Å². The Labute approximate surface area is 105 Å². The first-order valence-corrected chi connectivity index (χ1v) is 5.82. The molecule has 0 saturated carbocycles. The Balaban J connectivity index is 2.28. The molecule has 88 valence electrons. The van der Waals surface area contributed by atoms with E-state index in [-0.39, 0.29) is 5.78 Å². The van der Waals surface area contributed by atoms with Crippen LogP contribution in [0, 0.1) is 6.92 Å². The minimum absolute atomic E-state index is 0.0121. The third kappa shape index (κ3) is 1.63. The van der Waals surface area contributed by atoms with Crippen molar-refractivity contribution in [2.45, 2.75) is 6.92 Å². The number of ketones is 1. The molecule has 18 heavy (non-hydrogen) atoms. The van der Waals surface area contributed by atoms with Crippen molar-refractivity contribution in [3.8, 4) is 0 Å². The predicted molar refractivity (Wildman–Crippen MR) is 70.8 cm³/mol. The van der Waals surface area contributed by atoms with Crippen molar-refractivity contribution in [3.05, 3.63) is 71.7 Å². The first kappa shape index (κ1) is 10.8. The molecule has 2 heteroatoms. The summed E-state index contributed by atoms with van der Waals surface area (Å²) in [5, 5.41) is 2.07. The number of aryl methyl sites for hydroxylation is 1. The highest BCUT2D eigenvalue weighted by atomic mass is 16.3. The molecule has 3 aromatic rings. The third-order valence-corrected chi connectivity index (χ3v) is 3.15. The summed E-state index contributed by atoms with van der Waals surface area (Å²) >= 11 is 0. The Kier molecular flexibility index (Phi) is 2.49. The molecule has 0 amide bonds. The van der Waals surface area contributed by atoms with Crippen LogP contribution in [-0.2, 0) is 0 Å². The molecule has 0 aliphatic heterocycles. The molecule has 3 rings (SSSR count). The van der Waals surface area contributed by atoms with Crippen LogP contribution in [-0.4, -0.2) is 5.78 Å². The summed E-state index contributed by atoms with van der Waals surface area (Å²) in [5.74, 6) is 0.0121. The van der Waals surface area contributed by atoms with E-state index in [1.807, 2.05) is 43.3 Å². The standard InChI is InChI=1S/C16H12O2/c1-11-6-7-12-4-2-3-5-14(12)15(11)16(17)13-8-9-18-10-13/h2-10H,1H3. The van der Waals surface area contributed by atoms with Crippen molar-refractivity contribution in [2.24, 2.45) is 0 Å². The van der Waals surface area contributed by atoms with Gasteiger partial charge in [0, 0.05) is 5.56 Å². The molecule has 0 fully saturated rings. The second-order valence-corrected chi connectivity index (χ2v) is 4.32. The Hall–Kier alpha value is -2.35. The topological polar surface area (TPSA) is 30.2 Å². The molecule has 0 spiro atoms. The lowest BCUT2D eigenvalue weighted by Gasteiger charge is -2.08. The van der Waals surface area contributed by atoms with E-state index in [4.69, 9.17) is 4.42 Å². The molecule has 1 aromatic heterocycles. The Morgan fingerprint density at radius 3 is 2.67 bits per heavy atom. The van der Waals surface area contributed by atoms with Crippen LogP contribution in [0.1, 0.15) is 21.5 Å². The average molecular weight is 236 g/mol. The molecular formula is C16H12O2. The maximum Gasteiger partial charge on any atom is 0.197 e. The van der Waals surface area contributed by atoms with E-state index in [1.54, 1.807) is 6.07 Å². The van der Waals surface area contributed by atoms with Gasteiger partial charge in [0.15, 0.2) is 5.78 Å². The molecule has 0 unspecified atom stereocenters. The van der Waals surface area contributed by atoms with Gasteiger partial charge in [-0.25, -0.2) is 0 Å². The molecule has 1 heterocycles. The van der Waals surface area contributed by atoms with Gasteiger partial charge in [0.25, 0.3) is 0 Å². The van der Waals surface area contributed by atoms with Gasteiger partial charge in [0.2, 0.25) is 0 Å². The molecule has 2 aromatic carbocycles. The molecule has 0 radical (unpaired) electrons. The summed E-state index contributed by atoms with van der Waals surface area (Å²) < 4.78 is 4.99. The maximum atomic E-state index is 12.5. The quantitative estimate of drug-likeness (QED) is 0.630. The predicted octanol–water partition coefficient (Wildman–Crippen LogP) is 3.97. The van der Waals surface area contributed by atoms with Crippen LogP contribution in [0.5, 0.6) is 0 Å². The largest absolute Gasteiger partial charge is 0.472 e. The Morgan fingerprint density at radius 1 is 1.06 bits per heavy atom. The summed E-state index contributed by atoms with van der Waals surface area (Å²) in [5.41, 5.74) is 2.34. The van der Waals surface area contributed by atoms with Gasteiger partial charge in [-0.1, -0.05) is 36.4 Å². The first-order valence-electron chi connectivity index (χ1n) is 5.82. The zero-order valence-electron chi connectivity index (χ0n) is 10.0. The van der Waals surface area contributed by atoms with E-state index in [2.05, 4.69) is 0 Å². The second-order valence-electron chi connectivity index (χ2n) is 4.32. The zero-order valence-corrected chi connectivity index (χ0v) is 10.0. The van der Waals surface area contributed by atoms with Gasteiger partial charge in [0.1, 0.15) is 6.26 Å². The monoisotopic (exact) mass is 236 g/mol. The van der Waals surface area contributed by atoms with Crippen molar-refractivity contribution in [3.63, 3.8) is 0 Å². The van der Waals surface area contributed by atoms with Crippen molar-refractivity contribution in [2.75, 3.05) is 0 Å². The number of fused-ring (bicyclic) bond motifs is 1. The molecule has 0 bridgehead atoms. The molecule has 0 saturated heterocycles. The van der Waals surface area contributed by atoms with E-state index in [0.717, 1.165) is 21.9 Å². The van der Waals surface area contributed by atoms with E-state index in [9.17, 15) is 4.79 Å². The summed E-state index contributed by atoms with van der Waals surface area (Å²) in [6.07, 6.45) is 3.01. The van der Waals surface area contributed by atoms with Crippen LogP contribution in [0.25, 0.3) is 10.8 Å². The lowest BCUT2D eigenvalue weighted by atomic mass is 9.94. The average Bonchev–Trinajstić information content (AvgIpc) is 2.92. The van der Waals surface area contributed by atoms with E-state index >= 15 is 0 Å².